The molecule has 1 aromatic heterocycles. The van der Waals surface area contributed by atoms with E-state index in [4.69, 9.17) is 4.74 Å². The number of carbonyl (C=O) groups is 1. The van der Waals surface area contributed by atoms with Crippen LogP contribution in [0.2, 0.25) is 0 Å². The van der Waals surface area contributed by atoms with Gasteiger partial charge in [0.25, 0.3) is 5.91 Å². The van der Waals surface area contributed by atoms with Gasteiger partial charge in [-0.1, -0.05) is 42.5 Å². The smallest absolute Gasteiger partial charge is 0.275 e. The van der Waals surface area contributed by atoms with Crippen molar-refractivity contribution in [1.82, 2.24) is 14.7 Å². The van der Waals surface area contributed by atoms with Crippen molar-refractivity contribution in [3.8, 4) is 11.5 Å². The number of aromatic nitrogens is 2. The fraction of sp³-hybridized carbons (Fsp3) is 0.227. The molecule has 2 atom stereocenters. The van der Waals surface area contributed by atoms with Crippen LogP contribution in [0, 0.1) is 0 Å². The Balaban J connectivity index is 1.94. The second-order valence-corrected chi connectivity index (χ2v) is 7.07. The van der Waals surface area contributed by atoms with E-state index in [9.17, 15) is 14.7 Å². The van der Waals surface area contributed by atoms with Crippen LogP contribution in [0.5, 0.6) is 11.5 Å². The van der Waals surface area contributed by atoms with Crippen LogP contribution >= 0.6 is 0 Å². The molecule has 1 aliphatic rings. The summed E-state index contributed by atoms with van der Waals surface area (Å²) in [6.07, 6.45) is 1.05. The largest absolute Gasteiger partial charge is 0.502 e. The average molecular weight is 391 g/mol. The third kappa shape index (κ3) is 3.24. The molecular weight excluding hydrogens is 370 g/mol. The van der Waals surface area contributed by atoms with E-state index < -0.39 is 17.1 Å². The van der Waals surface area contributed by atoms with E-state index in [-0.39, 0.29) is 17.7 Å². The van der Waals surface area contributed by atoms with Crippen molar-refractivity contribution in [2.75, 3.05) is 20.7 Å². The summed E-state index contributed by atoms with van der Waals surface area (Å²) < 4.78 is 6.88. The Hall–Kier alpha value is -3.61. The summed E-state index contributed by atoms with van der Waals surface area (Å²) in [7, 11) is 3.27. The Kier molecular flexibility index (Phi) is 4.80. The predicted molar refractivity (Wildman–Crippen MR) is 107 cm³/mol. The van der Waals surface area contributed by atoms with Crippen LogP contribution in [0.25, 0.3) is 0 Å². The number of methoxy groups -OCH3 is 1. The van der Waals surface area contributed by atoms with E-state index >= 15 is 0 Å². The van der Waals surface area contributed by atoms with Crippen molar-refractivity contribution >= 4 is 5.91 Å². The second kappa shape index (κ2) is 7.43. The maximum Gasteiger partial charge on any atom is 0.275 e. The first-order valence-electron chi connectivity index (χ1n) is 9.26. The number of hydrogen-bond acceptors (Lipinski definition) is 5. The van der Waals surface area contributed by atoms with Gasteiger partial charge >= 0.3 is 0 Å². The van der Waals surface area contributed by atoms with E-state index in [0.29, 0.717) is 6.54 Å². The monoisotopic (exact) mass is 391 g/mol. The summed E-state index contributed by atoms with van der Waals surface area (Å²) >= 11 is 0. The molecule has 1 N–H and O–H groups in total. The van der Waals surface area contributed by atoms with Crippen molar-refractivity contribution in [3.05, 3.63) is 87.8 Å². The molecule has 3 aromatic rings. The standard InChI is InChI=1S/C22H21N3O4/c1-24-13-17(25-20(22(24)28)21(27)18(26)12-23-25)19(14-7-4-3-5-8-14)15-9-6-10-16(11-15)29-2/h3-12,17,19,27H,13H2,1-2H3/t17-,19-/m0/s1. The lowest BCUT2D eigenvalue weighted by Crippen LogP contribution is -2.45. The summed E-state index contributed by atoms with van der Waals surface area (Å²) in [6, 6.07) is 17.3. The number of nitrogens with zero attached hydrogens (tertiary/aromatic N) is 3. The molecule has 4 rings (SSSR count). The van der Waals surface area contributed by atoms with Crippen molar-refractivity contribution < 1.29 is 14.6 Å². The summed E-state index contributed by atoms with van der Waals surface area (Å²) in [6.45, 7) is 0.373. The molecule has 0 saturated heterocycles. The highest BCUT2D eigenvalue weighted by atomic mass is 16.5. The lowest BCUT2D eigenvalue weighted by molar-refractivity contribution is 0.0686. The number of carbonyl (C=O) groups excluding carboxylic acids is 1. The molecule has 1 aliphatic heterocycles. The number of rotatable bonds is 4. The minimum atomic E-state index is -0.670. The van der Waals surface area contributed by atoms with Crippen LogP contribution in [0.15, 0.2) is 65.6 Å². The molecule has 0 bridgehead atoms. The molecule has 0 unspecified atom stereocenters. The molecule has 29 heavy (non-hydrogen) atoms. The molecule has 0 saturated carbocycles. The van der Waals surface area contributed by atoms with Gasteiger partial charge in [-0.15, -0.1) is 0 Å². The van der Waals surface area contributed by atoms with Crippen molar-refractivity contribution in [1.29, 1.82) is 0 Å². The van der Waals surface area contributed by atoms with Crippen LogP contribution in [0.1, 0.15) is 33.6 Å². The van der Waals surface area contributed by atoms with Crippen LogP contribution in [-0.4, -0.2) is 46.4 Å². The SMILES string of the molecule is COc1cccc([C@H](c2ccccc2)[C@@H]2CN(C)C(=O)c3c(O)c(=O)cnn32)c1. The number of amides is 1. The van der Waals surface area contributed by atoms with Gasteiger partial charge in [0.15, 0.2) is 11.4 Å². The van der Waals surface area contributed by atoms with E-state index in [1.54, 1.807) is 14.2 Å². The quantitative estimate of drug-likeness (QED) is 0.738. The third-order valence-corrected chi connectivity index (χ3v) is 5.31. The van der Waals surface area contributed by atoms with E-state index in [2.05, 4.69) is 5.10 Å². The van der Waals surface area contributed by atoms with Crippen molar-refractivity contribution in [2.24, 2.45) is 0 Å². The molecular formula is C22H21N3O4. The zero-order valence-electron chi connectivity index (χ0n) is 16.1. The van der Waals surface area contributed by atoms with E-state index in [1.165, 1.54) is 9.58 Å². The molecule has 0 spiro atoms. The number of hydrogen-bond donors (Lipinski definition) is 1. The van der Waals surface area contributed by atoms with Gasteiger partial charge in [-0.3, -0.25) is 14.3 Å². The molecule has 2 aromatic carbocycles. The number of ether oxygens (including phenoxy) is 1. The first kappa shape index (κ1) is 18.7. The first-order chi connectivity index (χ1) is 14.0. The normalized spacial score (nSPS) is 17.0. The fourth-order valence-electron chi connectivity index (χ4n) is 3.91. The van der Waals surface area contributed by atoms with Gasteiger partial charge in [0.2, 0.25) is 5.43 Å². The molecule has 0 radical (unpaired) electrons. The van der Waals surface area contributed by atoms with Crippen LogP contribution in [0.3, 0.4) is 0 Å². The average Bonchev–Trinajstić information content (AvgIpc) is 2.75. The van der Waals surface area contributed by atoms with Gasteiger partial charge < -0.3 is 14.7 Å². The predicted octanol–water partition coefficient (Wildman–Crippen LogP) is 2.42. The van der Waals surface area contributed by atoms with Crippen molar-refractivity contribution in [2.45, 2.75) is 12.0 Å². The minimum absolute atomic E-state index is 0.0833. The number of aromatic hydroxyl groups is 1. The number of likely N-dealkylation sites (N-methyl/N-ethyl adjacent to an activating group) is 1. The fourth-order valence-corrected chi connectivity index (χ4v) is 3.91. The zero-order chi connectivity index (χ0) is 20.5. The Morgan fingerprint density at radius 2 is 1.83 bits per heavy atom. The molecule has 7 heteroatoms. The molecule has 7 nitrogen and oxygen atoms in total. The van der Waals surface area contributed by atoms with Gasteiger partial charge in [0, 0.05) is 19.5 Å². The summed E-state index contributed by atoms with van der Waals surface area (Å²) in [5.41, 5.74) is 1.25. The summed E-state index contributed by atoms with van der Waals surface area (Å²) in [5.74, 6) is -0.463. The molecule has 1 amide bonds. The highest BCUT2D eigenvalue weighted by Gasteiger charge is 2.38. The van der Waals surface area contributed by atoms with Crippen LogP contribution in [-0.2, 0) is 0 Å². The minimum Gasteiger partial charge on any atom is -0.502 e. The number of fused-ring (bicyclic) bond motifs is 1. The Bertz CT molecular complexity index is 1110. The maximum absolute atomic E-state index is 12.7. The van der Waals surface area contributed by atoms with E-state index in [1.807, 2.05) is 54.6 Å². The number of benzene rings is 2. The lowest BCUT2D eigenvalue weighted by Gasteiger charge is -2.37. The second-order valence-electron chi connectivity index (χ2n) is 7.07. The Morgan fingerprint density at radius 3 is 2.55 bits per heavy atom. The van der Waals surface area contributed by atoms with Crippen molar-refractivity contribution in [3.63, 3.8) is 0 Å². The highest BCUT2D eigenvalue weighted by Crippen LogP contribution is 2.39. The Labute approximate surface area is 167 Å². The van der Waals surface area contributed by atoms with Gasteiger partial charge in [-0.25, -0.2) is 0 Å². The Morgan fingerprint density at radius 1 is 1.10 bits per heavy atom. The third-order valence-electron chi connectivity index (χ3n) is 5.31. The first-order valence-corrected chi connectivity index (χ1v) is 9.26. The molecule has 0 aliphatic carbocycles. The lowest BCUT2D eigenvalue weighted by atomic mass is 9.83. The van der Waals surface area contributed by atoms with E-state index in [0.717, 1.165) is 23.1 Å². The summed E-state index contributed by atoms with van der Waals surface area (Å²) in [4.78, 5) is 26.1. The van der Waals surface area contributed by atoms with Gasteiger partial charge in [0.05, 0.1) is 19.3 Å². The zero-order valence-corrected chi connectivity index (χ0v) is 16.1. The van der Waals surface area contributed by atoms with Crippen LogP contribution < -0.4 is 10.2 Å². The summed E-state index contributed by atoms with van der Waals surface area (Å²) in [5, 5.41) is 14.5. The maximum atomic E-state index is 12.7. The highest BCUT2D eigenvalue weighted by molar-refractivity contribution is 5.95. The topological polar surface area (TPSA) is 84.7 Å². The van der Waals surface area contributed by atoms with Gasteiger partial charge in [0.1, 0.15) is 5.75 Å². The molecule has 0 fully saturated rings. The molecule has 2 heterocycles. The van der Waals surface area contributed by atoms with Gasteiger partial charge in [-0.05, 0) is 23.3 Å². The van der Waals surface area contributed by atoms with Gasteiger partial charge in [-0.2, -0.15) is 5.10 Å². The molecule has 148 valence electrons. The van der Waals surface area contributed by atoms with Crippen LogP contribution in [0.4, 0.5) is 0 Å².